The standard InChI is InChI=1S/C18H23N3O4S/c1-12(2)8-21-5-6-22-14(9-21)10-26-18-20-19-17(25-18)13-3-4-15-16(7-13)24-11-23-15/h3-4,7,12,14H,5-6,8-11H2,1-2H3/p+1/t14-/m0/s1. The van der Waals surface area contributed by atoms with Gasteiger partial charge >= 0.3 is 0 Å². The Morgan fingerprint density at radius 2 is 2.12 bits per heavy atom. The van der Waals surface area contributed by atoms with Gasteiger partial charge in [-0.1, -0.05) is 25.6 Å². The Labute approximate surface area is 157 Å². The number of hydrogen-bond donors (Lipinski definition) is 1. The molecule has 2 aromatic rings. The van der Waals surface area contributed by atoms with E-state index in [9.17, 15) is 0 Å². The number of nitrogens with one attached hydrogen (secondary N) is 1. The summed E-state index contributed by atoms with van der Waals surface area (Å²) < 4.78 is 22.4. The van der Waals surface area contributed by atoms with Crippen molar-refractivity contribution in [3.05, 3.63) is 18.2 Å². The van der Waals surface area contributed by atoms with E-state index >= 15 is 0 Å². The Balaban J connectivity index is 1.34. The first-order valence-electron chi connectivity index (χ1n) is 8.99. The van der Waals surface area contributed by atoms with Crippen molar-refractivity contribution in [3.63, 3.8) is 0 Å². The monoisotopic (exact) mass is 378 g/mol. The molecule has 140 valence electrons. The highest BCUT2D eigenvalue weighted by molar-refractivity contribution is 7.99. The summed E-state index contributed by atoms with van der Waals surface area (Å²) in [4.78, 5) is 1.61. The molecule has 0 bridgehead atoms. The fourth-order valence-electron chi connectivity index (χ4n) is 3.30. The smallest absolute Gasteiger partial charge is 0.276 e. The van der Waals surface area contributed by atoms with Gasteiger partial charge in [0, 0.05) is 17.2 Å². The van der Waals surface area contributed by atoms with Crippen LogP contribution in [-0.2, 0) is 4.74 Å². The number of morpholine rings is 1. The summed E-state index contributed by atoms with van der Waals surface area (Å²) in [7, 11) is 0. The normalized spacial score (nSPS) is 22.1. The molecule has 0 amide bonds. The zero-order chi connectivity index (χ0) is 17.9. The molecule has 7 nitrogen and oxygen atoms in total. The molecule has 0 saturated carbocycles. The molecular weight excluding hydrogens is 354 g/mol. The maximum Gasteiger partial charge on any atom is 0.276 e. The van der Waals surface area contributed by atoms with Gasteiger partial charge in [-0.3, -0.25) is 0 Å². The van der Waals surface area contributed by atoms with Crippen molar-refractivity contribution in [2.24, 2.45) is 5.92 Å². The predicted molar refractivity (Wildman–Crippen MR) is 96.7 cm³/mol. The summed E-state index contributed by atoms with van der Waals surface area (Å²) in [5.74, 6) is 3.47. The van der Waals surface area contributed by atoms with Gasteiger partial charge in [-0.15, -0.1) is 10.2 Å². The molecule has 2 atom stereocenters. The van der Waals surface area contributed by atoms with Crippen molar-refractivity contribution in [1.82, 2.24) is 10.2 Å². The van der Waals surface area contributed by atoms with Crippen LogP contribution in [0.4, 0.5) is 0 Å². The summed E-state index contributed by atoms with van der Waals surface area (Å²) in [6.45, 7) is 8.92. The van der Waals surface area contributed by atoms with E-state index < -0.39 is 0 Å². The lowest BCUT2D eigenvalue weighted by molar-refractivity contribution is -0.914. The second-order valence-corrected chi connectivity index (χ2v) is 8.02. The molecule has 1 unspecified atom stereocenters. The zero-order valence-corrected chi connectivity index (χ0v) is 15.9. The second kappa shape index (κ2) is 7.85. The van der Waals surface area contributed by atoms with Crippen LogP contribution in [-0.4, -0.2) is 55.1 Å². The fraction of sp³-hybridized carbons (Fsp3) is 0.556. The van der Waals surface area contributed by atoms with E-state index in [1.165, 1.54) is 6.54 Å². The van der Waals surface area contributed by atoms with E-state index in [-0.39, 0.29) is 12.9 Å². The van der Waals surface area contributed by atoms with Gasteiger partial charge in [0.1, 0.15) is 19.2 Å². The second-order valence-electron chi connectivity index (χ2n) is 7.05. The van der Waals surface area contributed by atoms with Gasteiger partial charge < -0.3 is 23.5 Å². The number of quaternary nitrogens is 1. The third-order valence-corrected chi connectivity index (χ3v) is 5.39. The summed E-state index contributed by atoms with van der Waals surface area (Å²) in [5.41, 5.74) is 0.829. The highest BCUT2D eigenvalue weighted by Crippen LogP contribution is 2.36. The Morgan fingerprint density at radius 3 is 3.00 bits per heavy atom. The average Bonchev–Trinajstić information content (AvgIpc) is 3.28. The third-order valence-electron chi connectivity index (χ3n) is 4.44. The van der Waals surface area contributed by atoms with Gasteiger partial charge in [0.25, 0.3) is 5.22 Å². The third kappa shape index (κ3) is 4.13. The van der Waals surface area contributed by atoms with Gasteiger partial charge in [0.15, 0.2) is 11.5 Å². The Kier molecular flexibility index (Phi) is 5.33. The molecule has 2 aliphatic rings. The maximum atomic E-state index is 5.89. The number of thioether (sulfide) groups is 1. The van der Waals surface area contributed by atoms with Crippen molar-refractivity contribution in [2.75, 3.05) is 38.8 Å². The average molecular weight is 378 g/mol. The fourth-order valence-corrected chi connectivity index (χ4v) is 4.08. The summed E-state index contributed by atoms with van der Waals surface area (Å²) in [6.07, 6.45) is 0.225. The van der Waals surface area contributed by atoms with Crippen LogP contribution in [0.3, 0.4) is 0 Å². The molecule has 0 radical (unpaired) electrons. The first kappa shape index (κ1) is 17.6. The van der Waals surface area contributed by atoms with E-state index in [0.29, 0.717) is 22.8 Å². The maximum absolute atomic E-state index is 5.89. The Bertz CT molecular complexity index is 752. The Hall–Kier alpha value is -1.77. The molecule has 26 heavy (non-hydrogen) atoms. The number of nitrogens with zero attached hydrogens (tertiary/aromatic N) is 2. The minimum atomic E-state index is 0.225. The van der Waals surface area contributed by atoms with Crippen LogP contribution in [0.5, 0.6) is 11.5 Å². The summed E-state index contributed by atoms with van der Waals surface area (Å²) in [5, 5.41) is 8.87. The van der Waals surface area contributed by atoms with Crippen LogP contribution < -0.4 is 14.4 Å². The van der Waals surface area contributed by atoms with Gasteiger partial charge in [-0.2, -0.15) is 0 Å². The van der Waals surface area contributed by atoms with Crippen LogP contribution in [0.1, 0.15) is 13.8 Å². The lowest BCUT2D eigenvalue weighted by Gasteiger charge is -2.30. The van der Waals surface area contributed by atoms with Crippen molar-refractivity contribution in [3.8, 4) is 23.0 Å². The minimum absolute atomic E-state index is 0.225. The number of aromatic nitrogens is 2. The summed E-state index contributed by atoms with van der Waals surface area (Å²) in [6, 6.07) is 5.62. The number of benzene rings is 1. The molecule has 4 rings (SSSR count). The van der Waals surface area contributed by atoms with Crippen LogP contribution in [0.25, 0.3) is 11.5 Å². The van der Waals surface area contributed by atoms with Crippen LogP contribution in [0.2, 0.25) is 0 Å². The molecule has 1 saturated heterocycles. The summed E-state index contributed by atoms with van der Waals surface area (Å²) >= 11 is 1.55. The molecule has 0 spiro atoms. The molecule has 8 heteroatoms. The molecule has 2 aliphatic heterocycles. The van der Waals surface area contributed by atoms with E-state index in [0.717, 1.165) is 36.8 Å². The largest absolute Gasteiger partial charge is 0.454 e. The van der Waals surface area contributed by atoms with Gasteiger partial charge in [0.05, 0.1) is 13.2 Å². The van der Waals surface area contributed by atoms with E-state index in [2.05, 4.69) is 24.0 Å². The molecular formula is C18H24N3O4S+. The minimum Gasteiger partial charge on any atom is -0.454 e. The topological polar surface area (TPSA) is 71.1 Å². The molecule has 1 aromatic heterocycles. The van der Waals surface area contributed by atoms with E-state index in [1.807, 2.05) is 18.2 Å². The lowest BCUT2D eigenvalue weighted by Crippen LogP contribution is -3.15. The van der Waals surface area contributed by atoms with Gasteiger partial charge in [-0.05, 0) is 18.2 Å². The number of ether oxygens (including phenoxy) is 3. The highest BCUT2D eigenvalue weighted by Gasteiger charge is 2.25. The van der Waals surface area contributed by atoms with E-state index in [1.54, 1.807) is 16.7 Å². The first-order valence-corrected chi connectivity index (χ1v) is 9.97. The molecule has 0 aliphatic carbocycles. The van der Waals surface area contributed by atoms with Crippen molar-refractivity contribution >= 4 is 11.8 Å². The highest BCUT2D eigenvalue weighted by atomic mass is 32.2. The van der Waals surface area contributed by atoms with Crippen LogP contribution >= 0.6 is 11.8 Å². The van der Waals surface area contributed by atoms with Crippen molar-refractivity contribution in [1.29, 1.82) is 0 Å². The predicted octanol–water partition coefficient (Wildman–Crippen LogP) is 1.50. The zero-order valence-electron chi connectivity index (χ0n) is 15.1. The van der Waals surface area contributed by atoms with Crippen LogP contribution in [0, 0.1) is 5.92 Å². The van der Waals surface area contributed by atoms with Crippen molar-refractivity contribution in [2.45, 2.75) is 25.2 Å². The quantitative estimate of drug-likeness (QED) is 0.764. The lowest BCUT2D eigenvalue weighted by atomic mass is 10.2. The SMILES string of the molecule is CC(C)C[NH+]1CCO[C@H](CSc2nnc(-c3ccc4c(c3)OCO4)o2)C1. The van der Waals surface area contributed by atoms with Crippen LogP contribution in [0.15, 0.2) is 27.8 Å². The molecule has 1 aromatic carbocycles. The molecule has 3 heterocycles. The van der Waals surface area contributed by atoms with Gasteiger partial charge in [-0.25, -0.2) is 0 Å². The van der Waals surface area contributed by atoms with Crippen molar-refractivity contribution < 1.29 is 23.5 Å². The van der Waals surface area contributed by atoms with Gasteiger partial charge in [0.2, 0.25) is 12.7 Å². The molecule has 1 fully saturated rings. The number of fused-ring (bicyclic) bond motifs is 1. The first-order chi connectivity index (χ1) is 12.7. The number of hydrogen-bond acceptors (Lipinski definition) is 7. The van der Waals surface area contributed by atoms with E-state index in [4.69, 9.17) is 18.6 Å². The molecule has 1 N–H and O–H groups in total. The Morgan fingerprint density at radius 1 is 1.23 bits per heavy atom. The number of rotatable bonds is 6.